The predicted octanol–water partition coefficient (Wildman–Crippen LogP) is 4.58. The van der Waals surface area contributed by atoms with Crippen molar-refractivity contribution in [1.29, 1.82) is 0 Å². The average Bonchev–Trinajstić information content (AvgIpc) is 3.29. The Morgan fingerprint density at radius 3 is 2.54 bits per heavy atom. The third-order valence-corrected chi connectivity index (χ3v) is 6.87. The van der Waals surface area contributed by atoms with E-state index in [0.29, 0.717) is 30.0 Å². The lowest BCUT2D eigenvalue weighted by atomic mass is 9.92. The molecule has 0 saturated carbocycles. The minimum absolute atomic E-state index is 0.0855. The Bertz CT molecular complexity index is 1190. The highest BCUT2D eigenvalue weighted by atomic mass is 32.2. The molecule has 0 radical (unpaired) electrons. The van der Waals surface area contributed by atoms with E-state index in [0.717, 1.165) is 22.8 Å². The van der Waals surface area contributed by atoms with E-state index < -0.39 is 12.0 Å². The third kappa shape index (κ3) is 5.27. The molecule has 0 aliphatic carbocycles. The molecule has 2 heterocycles. The van der Waals surface area contributed by atoms with Crippen molar-refractivity contribution in [1.82, 2.24) is 10.2 Å². The number of nitrogens with zero attached hydrogens (tertiary/aromatic N) is 2. The summed E-state index contributed by atoms with van der Waals surface area (Å²) < 4.78 is 10.8. The fraction of sp³-hybridized carbons (Fsp3) is 0.296. The minimum atomic E-state index is -0.514. The number of rotatable bonds is 9. The molecule has 2 aromatic rings. The Morgan fingerprint density at radius 1 is 1.09 bits per heavy atom. The van der Waals surface area contributed by atoms with Crippen molar-refractivity contribution in [2.45, 2.75) is 32.2 Å². The van der Waals surface area contributed by atoms with Crippen LogP contribution in [-0.4, -0.2) is 42.7 Å². The largest absolute Gasteiger partial charge is 0.496 e. The number of allylic oxidation sites excluding steroid dienone is 1. The SMILES string of the molecule is CCC1=C(C(=O)OC)C(c2ccccc2OC)N2C(CC(=O)NCCc3ccccc3)=CSC2=N1. The number of ether oxygens (including phenoxy) is 2. The van der Waals surface area contributed by atoms with Gasteiger partial charge >= 0.3 is 5.97 Å². The lowest BCUT2D eigenvalue weighted by Gasteiger charge is -2.37. The number of aliphatic imine (C=N–C) groups is 1. The number of carbonyl (C=O) groups is 2. The standard InChI is InChI=1S/C27H29N3O4S/c1-4-21-24(26(32)34-3)25(20-12-8-9-13-22(20)33-2)30-19(17-35-27(30)29-21)16-23(31)28-15-14-18-10-6-5-7-11-18/h5-13,17,25H,4,14-16H2,1-3H3,(H,28,31). The Kier molecular flexibility index (Phi) is 7.92. The van der Waals surface area contributed by atoms with E-state index in [9.17, 15) is 9.59 Å². The zero-order chi connectivity index (χ0) is 24.8. The highest BCUT2D eigenvalue weighted by molar-refractivity contribution is 8.16. The van der Waals surface area contributed by atoms with Crippen molar-refractivity contribution < 1.29 is 19.1 Å². The predicted molar refractivity (Wildman–Crippen MR) is 138 cm³/mol. The second kappa shape index (κ2) is 11.3. The fourth-order valence-corrected chi connectivity index (χ4v) is 5.25. The first-order valence-electron chi connectivity index (χ1n) is 11.6. The van der Waals surface area contributed by atoms with Gasteiger partial charge in [-0.1, -0.05) is 67.2 Å². The maximum atomic E-state index is 13.0. The second-order valence-corrected chi connectivity index (χ2v) is 8.94. The number of esters is 1. The van der Waals surface area contributed by atoms with Crippen LogP contribution < -0.4 is 10.1 Å². The number of para-hydroxylation sites is 1. The molecule has 7 nitrogen and oxygen atoms in total. The molecule has 0 spiro atoms. The smallest absolute Gasteiger partial charge is 0.338 e. The normalized spacial score (nSPS) is 16.9. The number of methoxy groups -OCH3 is 2. The highest BCUT2D eigenvalue weighted by Gasteiger charge is 2.42. The van der Waals surface area contributed by atoms with Gasteiger partial charge in [0.15, 0.2) is 5.17 Å². The quantitative estimate of drug-likeness (QED) is 0.517. The number of amides is 1. The summed E-state index contributed by atoms with van der Waals surface area (Å²) in [4.78, 5) is 32.6. The highest BCUT2D eigenvalue weighted by Crippen LogP contribution is 2.47. The first-order valence-corrected chi connectivity index (χ1v) is 12.4. The molecule has 0 bridgehead atoms. The lowest BCUT2D eigenvalue weighted by molar-refractivity contribution is -0.136. The average molecular weight is 492 g/mol. The summed E-state index contributed by atoms with van der Waals surface area (Å²) in [5.41, 5.74) is 3.89. The van der Waals surface area contributed by atoms with Crippen LogP contribution in [-0.2, 0) is 20.7 Å². The summed E-state index contributed by atoms with van der Waals surface area (Å²) in [5, 5.41) is 5.68. The Hall–Kier alpha value is -3.52. The van der Waals surface area contributed by atoms with Crippen molar-refractivity contribution >= 4 is 28.8 Å². The van der Waals surface area contributed by atoms with Gasteiger partial charge in [-0.15, -0.1) is 0 Å². The monoisotopic (exact) mass is 491 g/mol. The van der Waals surface area contributed by atoms with Crippen LogP contribution in [0.3, 0.4) is 0 Å². The van der Waals surface area contributed by atoms with Crippen LogP contribution >= 0.6 is 11.8 Å². The zero-order valence-corrected chi connectivity index (χ0v) is 20.9. The number of carbonyl (C=O) groups excluding carboxylic acids is 2. The van der Waals surface area contributed by atoms with Gasteiger partial charge in [0.1, 0.15) is 5.75 Å². The Morgan fingerprint density at radius 2 is 1.83 bits per heavy atom. The number of benzene rings is 2. The van der Waals surface area contributed by atoms with Crippen molar-refractivity contribution in [3.8, 4) is 5.75 Å². The van der Waals surface area contributed by atoms with Crippen LogP contribution in [0.5, 0.6) is 5.75 Å². The van der Waals surface area contributed by atoms with E-state index in [1.165, 1.54) is 24.4 Å². The van der Waals surface area contributed by atoms with E-state index in [2.05, 4.69) is 5.32 Å². The zero-order valence-electron chi connectivity index (χ0n) is 20.1. The van der Waals surface area contributed by atoms with Crippen LogP contribution in [0.1, 0.15) is 36.9 Å². The van der Waals surface area contributed by atoms with Gasteiger partial charge in [-0.2, -0.15) is 0 Å². The number of hydrogen-bond acceptors (Lipinski definition) is 7. The maximum Gasteiger partial charge on any atom is 0.338 e. The molecule has 4 rings (SSSR count). The van der Waals surface area contributed by atoms with E-state index >= 15 is 0 Å². The summed E-state index contributed by atoms with van der Waals surface area (Å²) in [6.45, 7) is 2.51. The maximum absolute atomic E-state index is 13.0. The third-order valence-electron chi connectivity index (χ3n) is 5.98. The summed E-state index contributed by atoms with van der Waals surface area (Å²) in [7, 11) is 2.98. The van der Waals surface area contributed by atoms with Crippen LogP contribution in [0.2, 0.25) is 0 Å². The molecular weight excluding hydrogens is 462 g/mol. The summed E-state index contributed by atoms with van der Waals surface area (Å²) in [5.74, 6) is 0.126. The van der Waals surface area contributed by atoms with Gasteiger partial charge in [-0.3, -0.25) is 4.79 Å². The minimum Gasteiger partial charge on any atom is -0.496 e. The Balaban J connectivity index is 1.60. The van der Waals surface area contributed by atoms with E-state index in [1.54, 1.807) is 7.11 Å². The van der Waals surface area contributed by atoms with Crippen LogP contribution in [0.25, 0.3) is 0 Å². The molecule has 2 aliphatic heterocycles. The van der Waals surface area contributed by atoms with E-state index in [-0.39, 0.29) is 12.3 Å². The van der Waals surface area contributed by atoms with Crippen molar-refractivity contribution in [2.24, 2.45) is 4.99 Å². The number of nitrogens with one attached hydrogen (secondary N) is 1. The molecule has 35 heavy (non-hydrogen) atoms. The molecule has 2 aliphatic rings. The fourth-order valence-electron chi connectivity index (χ4n) is 4.32. The number of amidine groups is 1. The second-order valence-electron chi connectivity index (χ2n) is 8.10. The number of thioether (sulfide) groups is 1. The number of fused-ring (bicyclic) bond motifs is 1. The molecule has 1 unspecified atom stereocenters. The molecule has 0 saturated heterocycles. The molecule has 2 aromatic carbocycles. The topological polar surface area (TPSA) is 80.2 Å². The van der Waals surface area contributed by atoms with Gasteiger partial charge in [0.25, 0.3) is 0 Å². The first-order chi connectivity index (χ1) is 17.1. The van der Waals surface area contributed by atoms with Crippen LogP contribution in [0.15, 0.2) is 82.0 Å². The van der Waals surface area contributed by atoms with Gasteiger partial charge in [-0.05, 0) is 29.9 Å². The molecule has 1 atom stereocenters. The van der Waals surface area contributed by atoms with Gasteiger partial charge in [-0.25, -0.2) is 9.79 Å². The first kappa shape index (κ1) is 24.6. The van der Waals surface area contributed by atoms with Crippen LogP contribution in [0.4, 0.5) is 0 Å². The van der Waals surface area contributed by atoms with Gasteiger partial charge in [0.2, 0.25) is 5.91 Å². The molecule has 182 valence electrons. The molecular formula is C27H29N3O4S. The van der Waals surface area contributed by atoms with Crippen molar-refractivity contribution in [3.63, 3.8) is 0 Å². The van der Waals surface area contributed by atoms with E-state index in [1.807, 2.05) is 71.8 Å². The lowest BCUT2D eigenvalue weighted by Crippen LogP contribution is -2.38. The van der Waals surface area contributed by atoms with Gasteiger partial charge < -0.3 is 19.7 Å². The molecule has 8 heteroatoms. The molecule has 1 N–H and O–H groups in total. The van der Waals surface area contributed by atoms with E-state index in [4.69, 9.17) is 14.5 Å². The molecule has 0 aromatic heterocycles. The van der Waals surface area contributed by atoms with Crippen LogP contribution in [0, 0.1) is 0 Å². The van der Waals surface area contributed by atoms with Gasteiger partial charge in [0.05, 0.1) is 38.0 Å². The number of hydrogen-bond donors (Lipinski definition) is 1. The Labute approximate surface area is 209 Å². The van der Waals surface area contributed by atoms with Gasteiger partial charge in [0, 0.05) is 17.8 Å². The summed E-state index contributed by atoms with van der Waals surface area (Å²) in [6.07, 6.45) is 1.50. The summed E-state index contributed by atoms with van der Waals surface area (Å²) >= 11 is 1.46. The van der Waals surface area contributed by atoms with Crippen molar-refractivity contribution in [3.05, 3.63) is 88.1 Å². The summed E-state index contributed by atoms with van der Waals surface area (Å²) in [6, 6.07) is 17.1. The van der Waals surface area contributed by atoms with Crippen molar-refractivity contribution in [2.75, 3.05) is 20.8 Å². The molecule has 0 fully saturated rings. The molecule has 1 amide bonds.